The van der Waals surface area contributed by atoms with E-state index in [-0.39, 0.29) is 6.04 Å². The largest absolute Gasteiger partial charge is 0.454 e. The van der Waals surface area contributed by atoms with Crippen LogP contribution in [0.4, 0.5) is 0 Å². The average molecular weight is 260 g/mol. The molecule has 0 radical (unpaired) electrons. The van der Waals surface area contributed by atoms with E-state index in [4.69, 9.17) is 13.9 Å². The van der Waals surface area contributed by atoms with Crippen LogP contribution in [0.3, 0.4) is 0 Å². The van der Waals surface area contributed by atoms with Crippen molar-refractivity contribution in [2.45, 2.75) is 26.4 Å². The van der Waals surface area contributed by atoms with Crippen molar-refractivity contribution in [3.8, 4) is 11.5 Å². The minimum Gasteiger partial charge on any atom is -0.454 e. The highest BCUT2D eigenvalue weighted by Crippen LogP contribution is 2.32. The molecule has 0 amide bonds. The summed E-state index contributed by atoms with van der Waals surface area (Å²) in [5.74, 6) is 3.14. The second-order valence-electron chi connectivity index (χ2n) is 4.60. The minimum atomic E-state index is 0.0686. The summed E-state index contributed by atoms with van der Waals surface area (Å²) in [5.41, 5.74) is 1.14. The topological polar surface area (TPSA) is 56.5 Å². The number of hydrogen-bond donors (Lipinski definition) is 1. The summed E-state index contributed by atoms with van der Waals surface area (Å²) in [6.07, 6.45) is 1.73. The molecule has 0 fully saturated rings. The fourth-order valence-corrected chi connectivity index (χ4v) is 1.98. The standard InChI is InChI=1S/C14H16N2O3/c1-9-6-16-14(19-9)10(2)15-7-11-3-4-12-13(5-11)18-8-17-12/h3-6,10,15H,7-8H2,1-2H3. The third-order valence-electron chi connectivity index (χ3n) is 3.06. The summed E-state index contributed by atoms with van der Waals surface area (Å²) < 4.78 is 16.1. The fourth-order valence-electron chi connectivity index (χ4n) is 1.98. The molecule has 1 aromatic carbocycles. The van der Waals surface area contributed by atoms with Crippen LogP contribution in [-0.4, -0.2) is 11.8 Å². The van der Waals surface area contributed by atoms with Gasteiger partial charge in [0.05, 0.1) is 12.2 Å². The van der Waals surface area contributed by atoms with Crippen LogP contribution in [-0.2, 0) is 6.54 Å². The molecule has 2 aromatic rings. The molecule has 5 nitrogen and oxygen atoms in total. The summed E-state index contributed by atoms with van der Waals surface area (Å²) in [4.78, 5) is 4.21. The molecular weight excluding hydrogens is 244 g/mol. The molecule has 1 aliphatic heterocycles. The van der Waals surface area contributed by atoms with E-state index < -0.39 is 0 Å². The number of aryl methyl sites for hydroxylation is 1. The number of benzene rings is 1. The quantitative estimate of drug-likeness (QED) is 0.915. The number of aromatic nitrogens is 1. The third-order valence-corrected chi connectivity index (χ3v) is 3.06. The molecule has 5 heteroatoms. The highest BCUT2D eigenvalue weighted by Gasteiger charge is 2.14. The van der Waals surface area contributed by atoms with E-state index in [1.807, 2.05) is 32.0 Å². The predicted molar refractivity (Wildman–Crippen MR) is 69.1 cm³/mol. The van der Waals surface area contributed by atoms with Gasteiger partial charge in [-0.3, -0.25) is 0 Å². The molecule has 1 unspecified atom stereocenters. The van der Waals surface area contributed by atoms with Gasteiger partial charge >= 0.3 is 0 Å². The van der Waals surface area contributed by atoms with Gasteiger partial charge in [0.2, 0.25) is 12.7 Å². The Morgan fingerprint density at radius 2 is 2.16 bits per heavy atom. The Hall–Kier alpha value is -2.01. The van der Waals surface area contributed by atoms with Crippen LogP contribution < -0.4 is 14.8 Å². The Morgan fingerprint density at radius 3 is 2.95 bits per heavy atom. The lowest BCUT2D eigenvalue weighted by Crippen LogP contribution is -2.18. The van der Waals surface area contributed by atoms with E-state index in [9.17, 15) is 0 Å². The maximum absolute atomic E-state index is 5.49. The van der Waals surface area contributed by atoms with Gasteiger partial charge in [0.25, 0.3) is 0 Å². The summed E-state index contributed by atoms with van der Waals surface area (Å²) in [5, 5.41) is 3.37. The lowest BCUT2D eigenvalue weighted by Gasteiger charge is -2.10. The molecule has 0 bridgehead atoms. The van der Waals surface area contributed by atoms with Crippen molar-refractivity contribution in [3.63, 3.8) is 0 Å². The van der Waals surface area contributed by atoms with E-state index in [1.165, 1.54) is 0 Å². The molecule has 0 spiro atoms. The minimum absolute atomic E-state index is 0.0686. The molecular formula is C14H16N2O3. The monoisotopic (exact) mass is 260 g/mol. The van der Waals surface area contributed by atoms with Gasteiger partial charge in [0.1, 0.15) is 5.76 Å². The molecule has 2 heterocycles. The molecule has 1 N–H and O–H groups in total. The van der Waals surface area contributed by atoms with Crippen LogP contribution in [0.1, 0.15) is 30.2 Å². The maximum atomic E-state index is 5.49. The summed E-state index contributed by atoms with van der Waals surface area (Å²) >= 11 is 0. The fraction of sp³-hybridized carbons (Fsp3) is 0.357. The number of fused-ring (bicyclic) bond motifs is 1. The van der Waals surface area contributed by atoms with Crippen LogP contribution in [0.5, 0.6) is 11.5 Å². The number of oxazole rings is 1. The van der Waals surface area contributed by atoms with E-state index in [0.29, 0.717) is 12.7 Å². The smallest absolute Gasteiger partial charge is 0.231 e. The lowest BCUT2D eigenvalue weighted by atomic mass is 10.2. The van der Waals surface area contributed by atoms with Crippen molar-refractivity contribution < 1.29 is 13.9 Å². The summed E-state index contributed by atoms with van der Waals surface area (Å²) in [6.45, 7) is 4.94. The van der Waals surface area contributed by atoms with E-state index in [2.05, 4.69) is 10.3 Å². The zero-order chi connectivity index (χ0) is 13.2. The molecule has 1 aromatic heterocycles. The second-order valence-corrected chi connectivity index (χ2v) is 4.60. The first-order valence-corrected chi connectivity index (χ1v) is 6.26. The Kier molecular flexibility index (Phi) is 3.13. The number of nitrogens with zero attached hydrogens (tertiary/aromatic N) is 1. The van der Waals surface area contributed by atoms with Gasteiger partial charge in [-0.05, 0) is 31.5 Å². The Labute approximate surface area is 111 Å². The van der Waals surface area contributed by atoms with Crippen LogP contribution in [0.15, 0.2) is 28.8 Å². The van der Waals surface area contributed by atoms with Gasteiger partial charge in [-0.25, -0.2) is 4.98 Å². The van der Waals surface area contributed by atoms with Gasteiger partial charge in [0, 0.05) is 6.54 Å². The molecule has 1 atom stereocenters. The first-order valence-electron chi connectivity index (χ1n) is 6.26. The highest BCUT2D eigenvalue weighted by molar-refractivity contribution is 5.44. The zero-order valence-corrected chi connectivity index (χ0v) is 11.0. The maximum Gasteiger partial charge on any atom is 0.231 e. The van der Waals surface area contributed by atoms with Gasteiger partial charge in [0.15, 0.2) is 11.5 Å². The van der Waals surface area contributed by atoms with Crippen LogP contribution in [0.25, 0.3) is 0 Å². The summed E-state index contributed by atoms with van der Waals surface area (Å²) in [6, 6.07) is 6.01. The molecule has 0 aliphatic carbocycles. The molecule has 0 saturated heterocycles. The van der Waals surface area contributed by atoms with Crippen molar-refractivity contribution in [1.82, 2.24) is 10.3 Å². The van der Waals surface area contributed by atoms with Gasteiger partial charge in [-0.2, -0.15) is 0 Å². The zero-order valence-electron chi connectivity index (χ0n) is 11.0. The van der Waals surface area contributed by atoms with Crippen LogP contribution in [0.2, 0.25) is 0 Å². The first-order chi connectivity index (χ1) is 9.22. The van der Waals surface area contributed by atoms with E-state index in [0.717, 1.165) is 29.4 Å². The van der Waals surface area contributed by atoms with E-state index in [1.54, 1.807) is 6.20 Å². The van der Waals surface area contributed by atoms with Crippen molar-refractivity contribution in [1.29, 1.82) is 0 Å². The molecule has 1 aliphatic rings. The van der Waals surface area contributed by atoms with Crippen molar-refractivity contribution in [2.75, 3.05) is 6.79 Å². The van der Waals surface area contributed by atoms with Crippen LogP contribution >= 0.6 is 0 Å². The normalized spacial score (nSPS) is 14.6. The molecule has 19 heavy (non-hydrogen) atoms. The summed E-state index contributed by atoms with van der Waals surface area (Å²) in [7, 11) is 0. The molecule has 100 valence electrons. The molecule has 3 rings (SSSR count). The Balaban J connectivity index is 1.63. The lowest BCUT2D eigenvalue weighted by molar-refractivity contribution is 0.174. The van der Waals surface area contributed by atoms with Gasteiger partial charge in [-0.1, -0.05) is 6.07 Å². The highest BCUT2D eigenvalue weighted by atomic mass is 16.7. The number of rotatable bonds is 4. The van der Waals surface area contributed by atoms with Gasteiger partial charge in [-0.15, -0.1) is 0 Å². The predicted octanol–water partition coefficient (Wildman–Crippen LogP) is 2.56. The van der Waals surface area contributed by atoms with Crippen LogP contribution in [0, 0.1) is 6.92 Å². The van der Waals surface area contributed by atoms with Crippen molar-refractivity contribution >= 4 is 0 Å². The van der Waals surface area contributed by atoms with E-state index >= 15 is 0 Å². The third kappa shape index (κ3) is 2.56. The SMILES string of the molecule is Cc1cnc(C(C)NCc2ccc3c(c2)OCO3)o1. The number of nitrogens with one attached hydrogen (secondary N) is 1. The van der Waals surface area contributed by atoms with Crippen molar-refractivity contribution in [2.24, 2.45) is 0 Å². The Morgan fingerprint density at radius 1 is 1.32 bits per heavy atom. The first kappa shape index (κ1) is 12.0. The van der Waals surface area contributed by atoms with Gasteiger partial charge < -0.3 is 19.2 Å². The Bertz CT molecular complexity index is 580. The number of hydrogen-bond acceptors (Lipinski definition) is 5. The molecule has 0 saturated carbocycles. The van der Waals surface area contributed by atoms with Crippen molar-refractivity contribution in [3.05, 3.63) is 41.6 Å². The number of ether oxygens (including phenoxy) is 2. The second kappa shape index (κ2) is 4.93. The average Bonchev–Trinajstić information content (AvgIpc) is 3.03.